The van der Waals surface area contributed by atoms with Gasteiger partial charge in [-0.2, -0.15) is 11.3 Å². The molecule has 0 aliphatic carbocycles. The number of nitrogens with zero attached hydrogens (tertiary/aromatic N) is 1. The number of ether oxygens (including phenoxy) is 2. The lowest BCUT2D eigenvalue weighted by Crippen LogP contribution is -2.30. The molecule has 1 aliphatic rings. The molecule has 1 atom stereocenters. The molecule has 0 saturated heterocycles. The summed E-state index contributed by atoms with van der Waals surface area (Å²) in [7, 11) is 1.53. The average Bonchev–Trinajstić information content (AvgIpc) is 3.68. The van der Waals surface area contributed by atoms with Gasteiger partial charge in [-0.25, -0.2) is 4.79 Å². The van der Waals surface area contributed by atoms with Gasteiger partial charge in [-0.1, -0.05) is 36.4 Å². The van der Waals surface area contributed by atoms with Crippen LogP contribution in [0.1, 0.15) is 47.1 Å². The van der Waals surface area contributed by atoms with Crippen LogP contribution in [0.2, 0.25) is 0 Å². The van der Waals surface area contributed by atoms with Crippen molar-refractivity contribution in [2.24, 2.45) is 0 Å². The van der Waals surface area contributed by atoms with Crippen LogP contribution in [0.5, 0.6) is 5.75 Å². The third-order valence-electron chi connectivity index (χ3n) is 7.59. The van der Waals surface area contributed by atoms with E-state index in [1.54, 1.807) is 23.5 Å². The predicted molar refractivity (Wildman–Crippen MR) is 170 cm³/mol. The second-order valence-electron chi connectivity index (χ2n) is 10.4. The van der Waals surface area contributed by atoms with Gasteiger partial charge in [-0.05, 0) is 89.2 Å². The van der Waals surface area contributed by atoms with Crippen LogP contribution >= 0.6 is 11.3 Å². The Morgan fingerprint density at radius 3 is 2.53 bits per heavy atom. The lowest BCUT2D eigenvalue weighted by molar-refractivity contribution is -0.143. The molecule has 4 aromatic rings. The molecule has 0 bridgehead atoms. The molecule has 222 valence electrons. The molecule has 1 aromatic heterocycles. The van der Waals surface area contributed by atoms with Crippen LogP contribution < -0.4 is 20.3 Å². The Kier molecular flexibility index (Phi) is 9.41. The topological polar surface area (TPSA) is 97.0 Å². The molecule has 3 aromatic carbocycles. The van der Waals surface area contributed by atoms with E-state index in [-0.39, 0.29) is 36.7 Å². The minimum absolute atomic E-state index is 0.0209. The van der Waals surface area contributed by atoms with E-state index in [9.17, 15) is 14.4 Å². The van der Waals surface area contributed by atoms with E-state index in [1.165, 1.54) is 7.11 Å². The van der Waals surface area contributed by atoms with Crippen LogP contribution in [0, 0.1) is 6.92 Å². The van der Waals surface area contributed by atoms with Crippen LogP contribution in [0.4, 0.5) is 21.9 Å². The molecule has 9 heteroatoms. The van der Waals surface area contributed by atoms with Gasteiger partial charge >= 0.3 is 12.0 Å². The zero-order chi connectivity index (χ0) is 30.3. The van der Waals surface area contributed by atoms with Crippen molar-refractivity contribution in [1.82, 2.24) is 0 Å². The number of amides is 3. The summed E-state index contributed by atoms with van der Waals surface area (Å²) in [6, 6.07) is 20.7. The number of carbonyl (C=O) groups is 3. The first kappa shape index (κ1) is 29.8. The maximum absolute atomic E-state index is 13.4. The van der Waals surface area contributed by atoms with E-state index in [0.29, 0.717) is 24.6 Å². The Morgan fingerprint density at radius 2 is 1.79 bits per heavy atom. The molecule has 0 fully saturated rings. The molecule has 0 saturated carbocycles. The Balaban J connectivity index is 1.27. The Labute approximate surface area is 255 Å². The molecule has 2 heterocycles. The molecule has 2 N–H and O–H groups in total. The fourth-order valence-electron chi connectivity index (χ4n) is 5.39. The zero-order valence-corrected chi connectivity index (χ0v) is 25.3. The quantitative estimate of drug-likeness (QED) is 0.193. The number of hydrogen-bond donors (Lipinski definition) is 2. The number of aryl methyl sites for hydroxylation is 1. The number of benzene rings is 3. The minimum Gasteiger partial charge on any atom is -0.495 e. The summed E-state index contributed by atoms with van der Waals surface area (Å²) in [5, 5.41) is 9.76. The summed E-state index contributed by atoms with van der Waals surface area (Å²) in [5.41, 5.74) is 7.08. The summed E-state index contributed by atoms with van der Waals surface area (Å²) in [6.45, 7) is 4.68. The monoisotopic (exact) mass is 597 g/mol. The maximum atomic E-state index is 13.4. The van der Waals surface area contributed by atoms with Gasteiger partial charge < -0.3 is 25.0 Å². The fraction of sp³-hybridized carbons (Fsp3) is 0.265. The third-order valence-corrected chi connectivity index (χ3v) is 8.29. The summed E-state index contributed by atoms with van der Waals surface area (Å²) in [6.07, 6.45) is 1.20. The van der Waals surface area contributed by atoms with Gasteiger partial charge in [0.05, 0.1) is 32.2 Å². The molecule has 1 unspecified atom stereocenters. The van der Waals surface area contributed by atoms with Crippen molar-refractivity contribution in [3.63, 3.8) is 0 Å². The number of thiophene rings is 1. The first-order valence-electron chi connectivity index (χ1n) is 14.3. The Hall–Kier alpha value is -4.63. The van der Waals surface area contributed by atoms with E-state index in [2.05, 4.69) is 22.1 Å². The van der Waals surface area contributed by atoms with Crippen molar-refractivity contribution >= 4 is 46.3 Å². The molecular formula is C34H35N3O5S. The van der Waals surface area contributed by atoms with Gasteiger partial charge in [-0.3, -0.25) is 9.59 Å². The average molecular weight is 598 g/mol. The van der Waals surface area contributed by atoms with E-state index < -0.39 is 0 Å². The van der Waals surface area contributed by atoms with Gasteiger partial charge in [0, 0.05) is 23.8 Å². The highest BCUT2D eigenvalue weighted by Crippen LogP contribution is 2.36. The van der Waals surface area contributed by atoms with Crippen molar-refractivity contribution in [3.05, 3.63) is 105 Å². The maximum Gasteiger partial charge on any atom is 0.323 e. The van der Waals surface area contributed by atoms with Crippen molar-refractivity contribution in [2.45, 2.75) is 39.0 Å². The van der Waals surface area contributed by atoms with Crippen molar-refractivity contribution in [3.8, 4) is 5.75 Å². The molecule has 3 amide bonds. The molecular weight excluding hydrogens is 562 g/mol. The number of anilines is 3. The number of rotatable bonds is 10. The van der Waals surface area contributed by atoms with Gasteiger partial charge in [0.1, 0.15) is 5.75 Å². The zero-order valence-electron chi connectivity index (χ0n) is 24.5. The fourth-order valence-corrected chi connectivity index (χ4v) is 6.11. The van der Waals surface area contributed by atoms with Gasteiger partial charge in [-0.15, -0.1) is 0 Å². The number of methoxy groups -OCH3 is 1. The minimum atomic E-state index is -0.382. The number of esters is 1. The molecule has 8 nitrogen and oxygen atoms in total. The first-order chi connectivity index (χ1) is 20.9. The smallest absolute Gasteiger partial charge is 0.323 e. The first-order valence-corrected chi connectivity index (χ1v) is 15.2. The largest absolute Gasteiger partial charge is 0.495 e. The normalized spacial score (nSPS) is 12.8. The molecule has 1 aliphatic heterocycles. The number of para-hydroxylation sites is 1. The van der Waals surface area contributed by atoms with Crippen LogP contribution in [0.25, 0.3) is 0 Å². The molecule has 0 spiro atoms. The number of nitrogens with one attached hydrogen (secondary N) is 2. The van der Waals surface area contributed by atoms with E-state index in [1.807, 2.05) is 72.7 Å². The molecule has 0 radical (unpaired) electrons. The molecule has 5 rings (SSSR count). The lowest BCUT2D eigenvalue weighted by Gasteiger charge is -2.20. The summed E-state index contributed by atoms with van der Waals surface area (Å²) < 4.78 is 10.8. The SMILES string of the molecule is CCOC(=O)CC(c1ccsc1)c1ccc2c(c1)CCN2C(=O)Cc1ccc(NC(=O)Nc2ccccc2C)c(OC)c1. The second-order valence-corrected chi connectivity index (χ2v) is 11.2. The summed E-state index contributed by atoms with van der Waals surface area (Å²) >= 11 is 1.60. The van der Waals surface area contributed by atoms with E-state index >= 15 is 0 Å². The van der Waals surface area contributed by atoms with Gasteiger partial charge in [0.2, 0.25) is 5.91 Å². The highest BCUT2D eigenvalue weighted by atomic mass is 32.1. The van der Waals surface area contributed by atoms with Crippen LogP contribution in [-0.2, 0) is 27.2 Å². The van der Waals surface area contributed by atoms with Crippen LogP contribution in [0.15, 0.2) is 77.5 Å². The van der Waals surface area contributed by atoms with Crippen molar-refractivity contribution < 1.29 is 23.9 Å². The predicted octanol–water partition coefficient (Wildman–Crippen LogP) is 6.93. The summed E-state index contributed by atoms with van der Waals surface area (Å²) in [4.78, 5) is 40.2. The second kappa shape index (κ2) is 13.6. The van der Waals surface area contributed by atoms with Crippen molar-refractivity contribution in [1.29, 1.82) is 0 Å². The van der Waals surface area contributed by atoms with Crippen molar-refractivity contribution in [2.75, 3.05) is 35.8 Å². The number of carbonyl (C=O) groups excluding carboxylic acids is 3. The highest BCUT2D eigenvalue weighted by Gasteiger charge is 2.27. The van der Waals surface area contributed by atoms with Gasteiger partial charge in [0.25, 0.3) is 0 Å². The Morgan fingerprint density at radius 1 is 0.977 bits per heavy atom. The number of hydrogen-bond acceptors (Lipinski definition) is 6. The van der Waals surface area contributed by atoms with Gasteiger partial charge in [0.15, 0.2) is 0 Å². The highest BCUT2D eigenvalue weighted by molar-refractivity contribution is 7.08. The standard InChI is InChI=1S/C34H35N3O5S/c1-4-42-33(39)20-27(26-14-16-43-21-26)24-10-12-30-25(19-24)13-15-37(30)32(38)18-23-9-11-29(31(17-23)41-3)36-34(40)35-28-8-6-5-7-22(28)2/h5-12,14,16-17,19,21,27H,4,13,15,18,20H2,1-3H3,(H2,35,36,40). The van der Waals surface area contributed by atoms with Crippen LogP contribution in [0.3, 0.4) is 0 Å². The van der Waals surface area contributed by atoms with E-state index in [4.69, 9.17) is 9.47 Å². The van der Waals surface area contributed by atoms with Crippen LogP contribution in [-0.4, -0.2) is 38.2 Å². The lowest BCUT2D eigenvalue weighted by atomic mass is 9.89. The Bertz CT molecular complexity index is 1620. The molecule has 43 heavy (non-hydrogen) atoms. The van der Waals surface area contributed by atoms with E-state index in [0.717, 1.165) is 45.6 Å². The number of fused-ring (bicyclic) bond motifs is 1. The number of urea groups is 1. The third kappa shape index (κ3) is 7.06. The summed E-state index contributed by atoms with van der Waals surface area (Å²) in [5.74, 6) is 0.128.